The van der Waals surface area contributed by atoms with Crippen LogP contribution in [-0.2, 0) is 16.6 Å². The summed E-state index contributed by atoms with van der Waals surface area (Å²) in [4.78, 5) is 0.104. The van der Waals surface area contributed by atoms with E-state index in [4.69, 9.17) is 17.3 Å². The van der Waals surface area contributed by atoms with Crippen LogP contribution in [0.5, 0.6) is 0 Å². The summed E-state index contributed by atoms with van der Waals surface area (Å²) in [5, 5.41) is 0.341. The van der Waals surface area contributed by atoms with Crippen LogP contribution in [0.15, 0.2) is 45.8 Å². The number of hydrogen-bond donors (Lipinski definition) is 2. The molecule has 0 atom stereocenters. The third-order valence-electron chi connectivity index (χ3n) is 2.99. The van der Waals surface area contributed by atoms with E-state index >= 15 is 0 Å². The maximum absolute atomic E-state index is 12.4. The fourth-order valence-corrected chi connectivity index (χ4v) is 3.76. The van der Waals surface area contributed by atoms with Gasteiger partial charge in [-0.25, -0.2) is 8.42 Å². The lowest BCUT2D eigenvalue weighted by molar-refractivity contribution is 0.601. The second-order valence-electron chi connectivity index (χ2n) is 4.52. The highest BCUT2D eigenvalue weighted by molar-refractivity contribution is 9.10. The van der Waals surface area contributed by atoms with Gasteiger partial charge in [0.2, 0.25) is 0 Å². The van der Waals surface area contributed by atoms with Crippen molar-refractivity contribution in [3.63, 3.8) is 0 Å². The molecule has 0 radical (unpaired) electrons. The molecule has 21 heavy (non-hydrogen) atoms. The van der Waals surface area contributed by atoms with Gasteiger partial charge < -0.3 is 5.73 Å². The Morgan fingerprint density at radius 1 is 1.24 bits per heavy atom. The Bertz CT molecular complexity index is 779. The molecule has 112 valence electrons. The van der Waals surface area contributed by atoms with Gasteiger partial charge in [0, 0.05) is 16.0 Å². The molecule has 2 rings (SSSR count). The number of sulfonamides is 1. The molecule has 2 aromatic rings. The van der Waals surface area contributed by atoms with E-state index in [2.05, 4.69) is 20.7 Å². The normalized spacial score (nSPS) is 11.4. The number of benzene rings is 2. The standard InChI is InChI=1S/C14H14BrClN2O2S/c1-9-6-11(15)3-5-14(9)18-21(19,20)12-4-2-10(8-17)13(16)7-12/h2-7,18H,8,17H2,1H3. The van der Waals surface area contributed by atoms with Crippen molar-refractivity contribution in [1.29, 1.82) is 0 Å². The van der Waals surface area contributed by atoms with Crippen molar-refractivity contribution in [3.8, 4) is 0 Å². The average molecular weight is 390 g/mol. The van der Waals surface area contributed by atoms with Crippen LogP contribution in [0.2, 0.25) is 5.02 Å². The van der Waals surface area contributed by atoms with Gasteiger partial charge in [-0.15, -0.1) is 0 Å². The van der Waals surface area contributed by atoms with Crippen LogP contribution in [0.4, 0.5) is 5.69 Å². The summed E-state index contributed by atoms with van der Waals surface area (Å²) in [6.07, 6.45) is 0. The number of rotatable bonds is 4. The molecule has 0 unspecified atom stereocenters. The van der Waals surface area contributed by atoms with Gasteiger partial charge in [-0.2, -0.15) is 0 Å². The summed E-state index contributed by atoms with van der Waals surface area (Å²) < 4.78 is 28.2. The van der Waals surface area contributed by atoms with E-state index in [9.17, 15) is 8.42 Å². The molecule has 0 aliphatic heterocycles. The van der Waals surface area contributed by atoms with E-state index in [0.717, 1.165) is 10.0 Å². The number of anilines is 1. The van der Waals surface area contributed by atoms with Crippen LogP contribution in [0.3, 0.4) is 0 Å². The predicted molar refractivity (Wildman–Crippen MR) is 89.0 cm³/mol. The average Bonchev–Trinajstić information content (AvgIpc) is 2.42. The van der Waals surface area contributed by atoms with Gasteiger partial charge in [0.1, 0.15) is 0 Å². The van der Waals surface area contributed by atoms with Gasteiger partial charge in [0.25, 0.3) is 10.0 Å². The van der Waals surface area contributed by atoms with Crippen LogP contribution in [0.1, 0.15) is 11.1 Å². The van der Waals surface area contributed by atoms with Gasteiger partial charge >= 0.3 is 0 Å². The third-order valence-corrected chi connectivity index (χ3v) is 5.20. The van der Waals surface area contributed by atoms with E-state index in [1.807, 2.05) is 13.0 Å². The molecule has 0 saturated carbocycles. The summed E-state index contributed by atoms with van der Waals surface area (Å²) in [5.41, 5.74) is 7.56. The van der Waals surface area contributed by atoms with Crippen LogP contribution in [0, 0.1) is 6.92 Å². The highest BCUT2D eigenvalue weighted by Gasteiger charge is 2.16. The van der Waals surface area contributed by atoms with Gasteiger partial charge in [0.15, 0.2) is 0 Å². The van der Waals surface area contributed by atoms with Crippen molar-refractivity contribution in [3.05, 3.63) is 57.0 Å². The monoisotopic (exact) mass is 388 g/mol. The number of nitrogens with one attached hydrogen (secondary N) is 1. The van der Waals surface area contributed by atoms with Crippen LogP contribution in [-0.4, -0.2) is 8.42 Å². The van der Waals surface area contributed by atoms with E-state index in [1.165, 1.54) is 12.1 Å². The zero-order valence-corrected chi connectivity index (χ0v) is 14.4. The van der Waals surface area contributed by atoms with E-state index in [0.29, 0.717) is 16.3 Å². The molecule has 4 nitrogen and oxygen atoms in total. The van der Waals surface area contributed by atoms with Gasteiger partial charge in [-0.1, -0.05) is 33.6 Å². The Balaban J connectivity index is 2.36. The molecule has 0 heterocycles. The van der Waals surface area contributed by atoms with E-state index in [-0.39, 0.29) is 11.4 Å². The zero-order chi connectivity index (χ0) is 15.6. The number of hydrogen-bond acceptors (Lipinski definition) is 3. The topological polar surface area (TPSA) is 72.2 Å². The summed E-state index contributed by atoms with van der Waals surface area (Å²) in [5.74, 6) is 0. The first-order chi connectivity index (χ1) is 9.83. The maximum atomic E-state index is 12.4. The summed E-state index contributed by atoms with van der Waals surface area (Å²) >= 11 is 9.35. The smallest absolute Gasteiger partial charge is 0.261 e. The minimum atomic E-state index is -3.69. The molecule has 0 bridgehead atoms. The van der Waals surface area contributed by atoms with Crippen molar-refractivity contribution < 1.29 is 8.42 Å². The van der Waals surface area contributed by atoms with Gasteiger partial charge in [-0.3, -0.25) is 4.72 Å². The van der Waals surface area contributed by atoms with E-state index in [1.54, 1.807) is 18.2 Å². The van der Waals surface area contributed by atoms with Crippen LogP contribution in [0.25, 0.3) is 0 Å². The molecular weight excluding hydrogens is 376 g/mol. The lowest BCUT2D eigenvalue weighted by Gasteiger charge is -2.12. The largest absolute Gasteiger partial charge is 0.326 e. The van der Waals surface area contributed by atoms with Crippen LogP contribution < -0.4 is 10.5 Å². The molecule has 2 aromatic carbocycles. The quantitative estimate of drug-likeness (QED) is 0.838. The Labute approximate surface area is 137 Å². The molecule has 0 aliphatic carbocycles. The third kappa shape index (κ3) is 3.77. The fraction of sp³-hybridized carbons (Fsp3) is 0.143. The summed E-state index contributed by atoms with van der Waals surface area (Å²) in [6, 6.07) is 9.82. The lowest BCUT2D eigenvalue weighted by atomic mass is 10.2. The first-order valence-corrected chi connectivity index (χ1v) is 8.76. The Hall–Kier alpha value is -1.08. The molecule has 0 aliphatic rings. The first kappa shape index (κ1) is 16.3. The molecule has 0 fully saturated rings. The first-order valence-electron chi connectivity index (χ1n) is 6.11. The van der Waals surface area contributed by atoms with Gasteiger partial charge in [0.05, 0.1) is 10.6 Å². The highest BCUT2D eigenvalue weighted by Crippen LogP contribution is 2.25. The fourth-order valence-electron chi connectivity index (χ4n) is 1.81. The predicted octanol–water partition coefficient (Wildman–Crippen LogP) is 3.67. The van der Waals surface area contributed by atoms with Crippen molar-refractivity contribution >= 4 is 43.2 Å². The number of halogens is 2. The van der Waals surface area contributed by atoms with Crippen LogP contribution >= 0.6 is 27.5 Å². The maximum Gasteiger partial charge on any atom is 0.261 e. The second kappa shape index (κ2) is 6.36. The molecule has 0 aromatic heterocycles. The van der Waals surface area contributed by atoms with Crippen molar-refractivity contribution in [2.75, 3.05) is 4.72 Å². The minimum Gasteiger partial charge on any atom is -0.326 e. The second-order valence-corrected chi connectivity index (χ2v) is 7.53. The van der Waals surface area contributed by atoms with E-state index < -0.39 is 10.0 Å². The Morgan fingerprint density at radius 3 is 2.52 bits per heavy atom. The zero-order valence-electron chi connectivity index (χ0n) is 11.2. The summed E-state index contributed by atoms with van der Waals surface area (Å²) in [7, 11) is -3.69. The van der Waals surface area contributed by atoms with Crippen molar-refractivity contribution in [1.82, 2.24) is 0 Å². The molecule has 3 N–H and O–H groups in total. The molecule has 0 spiro atoms. The molecule has 0 amide bonds. The SMILES string of the molecule is Cc1cc(Br)ccc1NS(=O)(=O)c1ccc(CN)c(Cl)c1. The number of nitrogens with two attached hydrogens (primary N) is 1. The Kier molecular flexibility index (Phi) is 4.93. The minimum absolute atomic E-state index is 0.104. The molecule has 0 saturated heterocycles. The highest BCUT2D eigenvalue weighted by atomic mass is 79.9. The lowest BCUT2D eigenvalue weighted by Crippen LogP contribution is -2.14. The molecular formula is C14H14BrClN2O2S. The molecule has 7 heteroatoms. The van der Waals surface area contributed by atoms with Crippen molar-refractivity contribution in [2.45, 2.75) is 18.4 Å². The van der Waals surface area contributed by atoms with Gasteiger partial charge in [-0.05, 0) is 48.4 Å². The Morgan fingerprint density at radius 2 is 1.95 bits per heavy atom. The number of aryl methyl sites for hydroxylation is 1. The van der Waals surface area contributed by atoms with Crippen molar-refractivity contribution in [2.24, 2.45) is 5.73 Å². The summed E-state index contributed by atoms with van der Waals surface area (Å²) in [6.45, 7) is 2.09.